The van der Waals surface area contributed by atoms with Gasteiger partial charge in [-0.2, -0.15) is 0 Å². The molecule has 2 rings (SSSR count). The second kappa shape index (κ2) is 8.25. The van der Waals surface area contributed by atoms with Crippen LogP contribution in [0.2, 0.25) is 0 Å². The molecule has 0 aliphatic heterocycles. The van der Waals surface area contributed by atoms with Crippen LogP contribution in [0.15, 0.2) is 53.4 Å². The summed E-state index contributed by atoms with van der Waals surface area (Å²) < 4.78 is 38.0. The Morgan fingerprint density at radius 3 is 2.32 bits per heavy atom. The van der Waals surface area contributed by atoms with E-state index in [-0.39, 0.29) is 22.1 Å². The molecule has 0 atom stereocenters. The molecule has 0 bridgehead atoms. The van der Waals surface area contributed by atoms with Crippen molar-refractivity contribution in [2.75, 3.05) is 11.1 Å². The number of hydrogen-bond acceptors (Lipinski definition) is 3. The van der Waals surface area contributed by atoms with Gasteiger partial charge in [0, 0.05) is 11.3 Å². The fraction of sp³-hybridized carbons (Fsp3) is 0.316. The molecule has 1 amide bonds. The van der Waals surface area contributed by atoms with Gasteiger partial charge >= 0.3 is 0 Å². The van der Waals surface area contributed by atoms with Crippen LogP contribution in [-0.2, 0) is 9.84 Å². The summed E-state index contributed by atoms with van der Waals surface area (Å²) in [4.78, 5) is 12.5. The van der Waals surface area contributed by atoms with Crippen molar-refractivity contribution < 1.29 is 17.6 Å². The van der Waals surface area contributed by atoms with Crippen LogP contribution in [0.5, 0.6) is 0 Å². The summed E-state index contributed by atoms with van der Waals surface area (Å²) in [6.07, 6.45) is 1.58. The quantitative estimate of drug-likeness (QED) is 0.798. The maximum atomic E-state index is 12.9. The van der Waals surface area contributed by atoms with Gasteiger partial charge in [-0.25, -0.2) is 12.8 Å². The van der Waals surface area contributed by atoms with E-state index in [9.17, 15) is 17.6 Å². The van der Waals surface area contributed by atoms with Gasteiger partial charge in [0.25, 0.3) is 5.91 Å². The van der Waals surface area contributed by atoms with E-state index in [0.717, 1.165) is 12.8 Å². The molecule has 2 aromatic rings. The van der Waals surface area contributed by atoms with Crippen LogP contribution in [0.3, 0.4) is 0 Å². The van der Waals surface area contributed by atoms with Crippen LogP contribution < -0.4 is 5.32 Å². The predicted molar refractivity (Wildman–Crippen MR) is 96.9 cm³/mol. The number of rotatable bonds is 7. The largest absolute Gasteiger partial charge is 0.322 e. The van der Waals surface area contributed by atoms with Crippen LogP contribution in [-0.4, -0.2) is 20.1 Å². The Morgan fingerprint density at radius 2 is 1.72 bits per heavy atom. The highest BCUT2D eigenvalue weighted by Crippen LogP contribution is 2.20. The highest BCUT2D eigenvalue weighted by Gasteiger charge is 2.20. The van der Waals surface area contributed by atoms with Crippen molar-refractivity contribution in [3.05, 3.63) is 59.9 Å². The van der Waals surface area contributed by atoms with Crippen LogP contribution >= 0.6 is 0 Å². The number of amides is 1. The van der Waals surface area contributed by atoms with Gasteiger partial charge in [0.15, 0.2) is 9.84 Å². The van der Waals surface area contributed by atoms with Gasteiger partial charge in [0.05, 0.1) is 10.6 Å². The number of carbonyl (C=O) groups is 1. The molecule has 0 saturated heterocycles. The fourth-order valence-electron chi connectivity index (χ4n) is 2.50. The van der Waals surface area contributed by atoms with Crippen molar-refractivity contribution in [2.45, 2.75) is 31.6 Å². The summed E-state index contributed by atoms with van der Waals surface area (Å²) in [5, 5.41) is 2.63. The monoisotopic (exact) mass is 363 g/mol. The van der Waals surface area contributed by atoms with E-state index in [0.29, 0.717) is 5.69 Å². The van der Waals surface area contributed by atoms with Gasteiger partial charge in [-0.15, -0.1) is 0 Å². The lowest BCUT2D eigenvalue weighted by atomic mass is 10.1. The standard InChI is InChI=1S/C19H22FNO3S/c1-3-14(4-2)13-25(23,24)18-7-5-6-15(12-18)19(22)21-17-10-8-16(20)9-11-17/h5-12,14H,3-4,13H2,1-2H3,(H,21,22). The molecule has 0 spiro atoms. The minimum Gasteiger partial charge on any atom is -0.322 e. The Bertz CT molecular complexity index is 828. The molecule has 0 saturated carbocycles. The molecule has 0 radical (unpaired) electrons. The maximum Gasteiger partial charge on any atom is 0.255 e. The molecule has 1 N–H and O–H groups in total. The molecule has 0 unspecified atom stereocenters. The van der Waals surface area contributed by atoms with Crippen molar-refractivity contribution in [1.82, 2.24) is 0 Å². The minimum absolute atomic E-state index is 0.0725. The third-order valence-corrected chi connectivity index (χ3v) is 6.05. The molecule has 6 heteroatoms. The molecule has 134 valence electrons. The van der Waals surface area contributed by atoms with Crippen molar-refractivity contribution in [3.8, 4) is 0 Å². The number of benzene rings is 2. The highest BCUT2D eigenvalue weighted by molar-refractivity contribution is 7.91. The predicted octanol–water partition coefficient (Wildman–Crippen LogP) is 4.29. The van der Waals surface area contributed by atoms with Gasteiger partial charge in [-0.05, 0) is 48.4 Å². The number of sulfone groups is 1. The Kier molecular flexibility index (Phi) is 6.31. The number of halogens is 1. The smallest absolute Gasteiger partial charge is 0.255 e. The van der Waals surface area contributed by atoms with Crippen LogP contribution in [0.25, 0.3) is 0 Å². The molecule has 25 heavy (non-hydrogen) atoms. The van der Waals surface area contributed by atoms with Gasteiger partial charge in [-0.3, -0.25) is 4.79 Å². The average molecular weight is 363 g/mol. The molecule has 4 nitrogen and oxygen atoms in total. The molecule has 0 aromatic heterocycles. The summed E-state index contributed by atoms with van der Waals surface area (Å²) in [7, 11) is -3.45. The third-order valence-electron chi connectivity index (χ3n) is 4.17. The summed E-state index contributed by atoms with van der Waals surface area (Å²) >= 11 is 0. The first-order valence-electron chi connectivity index (χ1n) is 8.25. The summed E-state index contributed by atoms with van der Waals surface area (Å²) in [5.41, 5.74) is 0.687. The number of anilines is 1. The van der Waals surface area contributed by atoms with Gasteiger partial charge in [-0.1, -0.05) is 32.8 Å². The lowest BCUT2D eigenvalue weighted by Gasteiger charge is -2.13. The van der Waals surface area contributed by atoms with Crippen molar-refractivity contribution in [3.63, 3.8) is 0 Å². The molecular formula is C19H22FNO3S. The van der Waals surface area contributed by atoms with E-state index in [4.69, 9.17) is 0 Å². The zero-order chi connectivity index (χ0) is 18.4. The molecular weight excluding hydrogens is 341 g/mol. The van der Waals surface area contributed by atoms with Crippen molar-refractivity contribution in [2.24, 2.45) is 5.92 Å². The zero-order valence-electron chi connectivity index (χ0n) is 14.3. The minimum atomic E-state index is -3.45. The van der Waals surface area contributed by atoms with Gasteiger partial charge < -0.3 is 5.32 Å². The summed E-state index contributed by atoms with van der Waals surface area (Å²) in [5.74, 6) is -0.663. The molecule has 2 aromatic carbocycles. The van der Waals surface area contributed by atoms with Crippen molar-refractivity contribution in [1.29, 1.82) is 0 Å². The maximum absolute atomic E-state index is 12.9. The first kappa shape index (κ1) is 19.1. The lowest BCUT2D eigenvalue weighted by molar-refractivity contribution is 0.102. The zero-order valence-corrected chi connectivity index (χ0v) is 15.1. The highest BCUT2D eigenvalue weighted by atomic mass is 32.2. The number of hydrogen-bond donors (Lipinski definition) is 1. The summed E-state index contributed by atoms with van der Waals surface area (Å²) in [6.45, 7) is 3.94. The topological polar surface area (TPSA) is 63.2 Å². The van der Waals surface area contributed by atoms with E-state index in [1.54, 1.807) is 12.1 Å². The Hall–Kier alpha value is -2.21. The first-order chi connectivity index (χ1) is 11.9. The van der Waals surface area contributed by atoms with E-state index in [1.165, 1.54) is 36.4 Å². The van der Waals surface area contributed by atoms with E-state index < -0.39 is 21.6 Å². The number of nitrogens with one attached hydrogen (secondary N) is 1. The Morgan fingerprint density at radius 1 is 1.08 bits per heavy atom. The molecule has 0 aliphatic carbocycles. The molecule has 0 fully saturated rings. The Labute approximate surface area is 148 Å². The fourth-order valence-corrected chi connectivity index (χ4v) is 4.38. The van der Waals surface area contributed by atoms with Crippen LogP contribution in [0.4, 0.5) is 10.1 Å². The third kappa shape index (κ3) is 5.13. The lowest BCUT2D eigenvalue weighted by Crippen LogP contribution is -2.17. The van der Waals surface area contributed by atoms with E-state index >= 15 is 0 Å². The second-order valence-electron chi connectivity index (χ2n) is 5.95. The van der Waals surface area contributed by atoms with Gasteiger partial charge in [0.2, 0.25) is 0 Å². The molecule has 0 heterocycles. The van der Waals surface area contributed by atoms with Gasteiger partial charge in [0.1, 0.15) is 5.82 Å². The van der Waals surface area contributed by atoms with Crippen LogP contribution in [0.1, 0.15) is 37.0 Å². The Balaban J connectivity index is 2.20. The molecule has 0 aliphatic rings. The van der Waals surface area contributed by atoms with E-state index in [1.807, 2.05) is 13.8 Å². The van der Waals surface area contributed by atoms with E-state index in [2.05, 4.69) is 5.32 Å². The average Bonchev–Trinajstić information content (AvgIpc) is 2.61. The second-order valence-corrected chi connectivity index (χ2v) is 7.99. The number of carbonyl (C=O) groups excluding carboxylic acids is 1. The summed E-state index contributed by atoms with van der Waals surface area (Å²) in [6, 6.07) is 11.4. The normalized spacial score (nSPS) is 11.5. The SMILES string of the molecule is CCC(CC)CS(=O)(=O)c1cccc(C(=O)Nc2ccc(F)cc2)c1. The van der Waals surface area contributed by atoms with Crippen LogP contribution in [0, 0.1) is 11.7 Å². The first-order valence-corrected chi connectivity index (χ1v) is 9.90. The van der Waals surface area contributed by atoms with Crippen molar-refractivity contribution >= 4 is 21.4 Å².